The molecule has 0 bridgehead atoms. The van der Waals surface area contributed by atoms with E-state index in [1.54, 1.807) is 6.92 Å². The Balaban J connectivity index is 2.69. The van der Waals surface area contributed by atoms with Crippen LogP contribution in [-0.4, -0.2) is 22.8 Å². The molecular weight excluding hydrogens is 210 g/mol. The van der Waals surface area contributed by atoms with Gasteiger partial charge < -0.3 is 4.84 Å². The van der Waals surface area contributed by atoms with Gasteiger partial charge in [-0.2, -0.15) is 0 Å². The molecule has 0 saturated heterocycles. The topological polar surface area (TPSA) is 38.7 Å². The summed E-state index contributed by atoms with van der Waals surface area (Å²) in [6, 6.07) is 7.67. The monoisotopic (exact) mass is 225 g/mol. The fraction of sp³-hybridized carbons (Fsp3) is 0.364. The molecule has 0 heterocycles. The molecule has 1 aromatic carbocycles. The van der Waals surface area contributed by atoms with E-state index in [1.165, 1.54) is 7.11 Å². The molecule has 0 spiro atoms. The number of benzene rings is 1. The lowest BCUT2D eigenvalue weighted by Gasteiger charge is -2.02. The number of nitrogens with zero attached hydrogens (tertiary/aromatic N) is 1. The van der Waals surface area contributed by atoms with Crippen molar-refractivity contribution in [1.82, 2.24) is 0 Å². The third-order valence-electron chi connectivity index (χ3n) is 1.87. The molecule has 0 aromatic heterocycles. The van der Waals surface area contributed by atoms with Gasteiger partial charge in [-0.3, -0.25) is 4.21 Å². The van der Waals surface area contributed by atoms with Crippen molar-refractivity contribution in [3.05, 3.63) is 29.8 Å². The first kappa shape index (κ1) is 11.9. The van der Waals surface area contributed by atoms with Crippen LogP contribution >= 0.6 is 0 Å². The summed E-state index contributed by atoms with van der Waals surface area (Å²) in [4.78, 5) is 5.44. The van der Waals surface area contributed by atoms with Gasteiger partial charge in [0, 0.05) is 4.90 Å². The Bertz CT molecular complexity index is 371. The zero-order valence-electron chi connectivity index (χ0n) is 9.19. The molecule has 0 amide bonds. The van der Waals surface area contributed by atoms with E-state index in [0.29, 0.717) is 5.75 Å². The molecule has 0 N–H and O–H groups in total. The number of hydrogen-bond acceptors (Lipinski definition) is 3. The normalized spacial score (nSPS) is 13.7. The van der Waals surface area contributed by atoms with E-state index in [-0.39, 0.29) is 0 Å². The largest absolute Gasteiger partial charge is 0.399 e. The van der Waals surface area contributed by atoms with Crippen LogP contribution in [0, 0.1) is 6.92 Å². The maximum Gasteiger partial charge on any atom is 0.106 e. The Morgan fingerprint density at radius 2 is 2.00 bits per heavy atom. The quantitative estimate of drug-likeness (QED) is 0.581. The van der Waals surface area contributed by atoms with Crippen LogP contribution in [0.3, 0.4) is 0 Å². The van der Waals surface area contributed by atoms with Crippen LogP contribution < -0.4 is 0 Å². The summed E-state index contributed by atoms with van der Waals surface area (Å²) in [5, 5.41) is 3.73. The molecule has 0 radical (unpaired) electrons. The summed E-state index contributed by atoms with van der Waals surface area (Å²) >= 11 is 0. The SMILES string of the molecule is CO/N=C(\C)C[S@@](=O)c1ccc(C)cc1. The van der Waals surface area contributed by atoms with E-state index >= 15 is 0 Å². The van der Waals surface area contributed by atoms with E-state index in [9.17, 15) is 4.21 Å². The molecule has 0 unspecified atom stereocenters. The second kappa shape index (κ2) is 5.66. The van der Waals surface area contributed by atoms with Gasteiger partial charge in [-0.05, 0) is 26.0 Å². The van der Waals surface area contributed by atoms with Crippen molar-refractivity contribution in [1.29, 1.82) is 0 Å². The van der Waals surface area contributed by atoms with Gasteiger partial charge in [0.2, 0.25) is 0 Å². The molecule has 0 aliphatic carbocycles. The van der Waals surface area contributed by atoms with Gasteiger partial charge in [0.25, 0.3) is 0 Å². The predicted octanol–water partition coefficient (Wildman–Crippen LogP) is 2.12. The van der Waals surface area contributed by atoms with Crippen LogP contribution in [0.15, 0.2) is 34.3 Å². The van der Waals surface area contributed by atoms with Gasteiger partial charge in [-0.15, -0.1) is 0 Å². The molecule has 82 valence electrons. The van der Waals surface area contributed by atoms with Crippen molar-refractivity contribution in [3.63, 3.8) is 0 Å². The summed E-state index contributed by atoms with van der Waals surface area (Å²) < 4.78 is 11.8. The molecule has 15 heavy (non-hydrogen) atoms. The average Bonchev–Trinajstić information content (AvgIpc) is 2.18. The van der Waals surface area contributed by atoms with Crippen LogP contribution in [0.4, 0.5) is 0 Å². The third kappa shape index (κ3) is 3.83. The summed E-state index contributed by atoms with van der Waals surface area (Å²) in [6.45, 7) is 3.81. The van der Waals surface area contributed by atoms with Crippen molar-refractivity contribution in [2.45, 2.75) is 18.7 Å². The lowest BCUT2D eigenvalue weighted by atomic mass is 10.2. The van der Waals surface area contributed by atoms with Crippen molar-refractivity contribution < 1.29 is 9.05 Å². The lowest BCUT2D eigenvalue weighted by molar-refractivity contribution is 0.213. The molecule has 0 aliphatic heterocycles. The molecular formula is C11H15NO2S. The first-order chi connectivity index (χ1) is 7.13. The predicted molar refractivity (Wildman–Crippen MR) is 62.6 cm³/mol. The second-order valence-electron chi connectivity index (χ2n) is 3.31. The van der Waals surface area contributed by atoms with E-state index in [0.717, 1.165) is 16.2 Å². The molecule has 1 rings (SSSR count). The van der Waals surface area contributed by atoms with Crippen LogP contribution in [-0.2, 0) is 15.6 Å². The van der Waals surface area contributed by atoms with Gasteiger partial charge in [-0.1, -0.05) is 22.9 Å². The van der Waals surface area contributed by atoms with E-state index in [1.807, 2.05) is 31.2 Å². The Hall–Kier alpha value is -1.16. The number of rotatable bonds is 4. The number of aryl methyl sites for hydroxylation is 1. The van der Waals surface area contributed by atoms with E-state index in [2.05, 4.69) is 9.99 Å². The molecule has 3 nitrogen and oxygen atoms in total. The Morgan fingerprint density at radius 3 is 2.53 bits per heavy atom. The van der Waals surface area contributed by atoms with Crippen molar-refractivity contribution >= 4 is 16.5 Å². The molecule has 0 fully saturated rings. The Morgan fingerprint density at radius 1 is 1.40 bits per heavy atom. The highest BCUT2D eigenvalue weighted by Gasteiger charge is 2.05. The Kier molecular flexibility index (Phi) is 4.49. The van der Waals surface area contributed by atoms with Crippen molar-refractivity contribution in [3.8, 4) is 0 Å². The second-order valence-corrected chi connectivity index (χ2v) is 4.76. The fourth-order valence-electron chi connectivity index (χ4n) is 1.15. The van der Waals surface area contributed by atoms with Gasteiger partial charge in [0.05, 0.1) is 22.3 Å². The first-order valence-corrected chi connectivity index (χ1v) is 5.97. The standard InChI is InChI=1S/C11H15NO2S/c1-9-4-6-11(7-5-9)15(13)8-10(2)12-14-3/h4-7H,8H2,1-3H3/b12-10+/t15-/m1/s1. The summed E-state index contributed by atoms with van der Waals surface area (Å²) in [5.41, 5.74) is 1.90. The number of hydrogen-bond donors (Lipinski definition) is 0. The van der Waals surface area contributed by atoms with Gasteiger partial charge in [0.1, 0.15) is 7.11 Å². The highest BCUT2D eigenvalue weighted by Crippen LogP contribution is 2.08. The summed E-state index contributed by atoms with van der Waals surface area (Å²) in [7, 11) is 0.450. The minimum Gasteiger partial charge on any atom is -0.399 e. The average molecular weight is 225 g/mol. The van der Waals surface area contributed by atoms with Crippen molar-refractivity contribution in [2.75, 3.05) is 12.9 Å². The smallest absolute Gasteiger partial charge is 0.106 e. The van der Waals surface area contributed by atoms with Gasteiger partial charge >= 0.3 is 0 Å². The Labute approximate surface area is 92.6 Å². The van der Waals surface area contributed by atoms with Crippen LogP contribution in [0.5, 0.6) is 0 Å². The van der Waals surface area contributed by atoms with Crippen LogP contribution in [0.2, 0.25) is 0 Å². The van der Waals surface area contributed by atoms with Gasteiger partial charge in [0.15, 0.2) is 0 Å². The van der Waals surface area contributed by atoms with Gasteiger partial charge in [-0.25, -0.2) is 0 Å². The van der Waals surface area contributed by atoms with Crippen LogP contribution in [0.1, 0.15) is 12.5 Å². The zero-order valence-corrected chi connectivity index (χ0v) is 10.0. The zero-order chi connectivity index (χ0) is 11.3. The minimum absolute atomic E-state index is 0.414. The minimum atomic E-state index is -1.03. The molecule has 1 atom stereocenters. The van der Waals surface area contributed by atoms with Crippen LogP contribution in [0.25, 0.3) is 0 Å². The summed E-state index contributed by atoms with van der Waals surface area (Å²) in [6.07, 6.45) is 0. The highest BCUT2D eigenvalue weighted by atomic mass is 32.2. The maximum absolute atomic E-state index is 11.8. The highest BCUT2D eigenvalue weighted by molar-refractivity contribution is 7.85. The van der Waals surface area contributed by atoms with E-state index < -0.39 is 10.8 Å². The molecule has 0 aliphatic rings. The summed E-state index contributed by atoms with van der Waals surface area (Å²) in [5.74, 6) is 0.414. The molecule has 4 heteroatoms. The first-order valence-electron chi connectivity index (χ1n) is 4.65. The third-order valence-corrected chi connectivity index (χ3v) is 3.35. The van der Waals surface area contributed by atoms with Crippen molar-refractivity contribution in [2.24, 2.45) is 5.16 Å². The fourth-order valence-corrected chi connectivity index (χ4v) is 2.18. The molecule has 0 saturated carbocycles. The maximum atomic E-state index is 11.8. The molecule has 1 aromatic rings. The number of oxime groups is 1. The van der Waals surface area contributed by atoms with E-state index in [4.69, 9.17) is 0 Å². The lowest BCUT2D eigenvalue weighted by Crippen LogP contribution is -2.07.